The molecule has 0 amide bonds. The van der Waals surface area contributed by atoms with Crippen molar-refractivity contribution < 1.29 is 0 Å². The molecule has 1 aliphatic rings. The molecule has 16 heavy (non-hydrogen) atoms. The Morgan fingerprint density at radius 2 is 2.12 bits per heavy atom. The SMILES string of the molecule is CSC1CCCCC1Nc1cccc(C)n1. The van der Waals surface area contributed by atoms with Crippen LogP contribution >= 0.6 is 11.8 Å². The first kappa shape index (κ1) is 11.8. The summed E-state index contributed by atoms with van der Waals surface area (Å²) >= 11 is 1.99. The van der Waals surface area contributed by atoms with Gasteiger partial charge in [-0.15, -0.1) is 0 Å². The number of nitrogens with one attached hydrogen (secondary N) is 1. The van der Waals surface area contributed by atoms with Crippen molar-refractivity contribution >= 4 is 17.6 Å². The smallest absolute Gasteiger partial charge is 0.126 e. The van der Waals surface area contributed by atoms with Crippen LogP contribution in [0.3, 0.4) is 0 Å². The average molecular weight is 236 g/mol. The van der Waals surface area contributed by atoms with E-state index in [0.29, 0.717) is 6.04 Å². The van der Waals surface area contributed by atoms with Gasteiger partial charge in [0.1, 0.15) is 5.82 Å². The number of hydrogen-bond donors (Lipinski definition) is 1. The molecule has 1 aromatic rings. The Morgan fingerprint density at radius 1 is 1.31 bits per heavy atom. The van der Waals surface area contributed by atoms with Crippen molar-refractivity contribution in [2.75, 3.05) is 11.6 Å². The van der Waals surface area contributed by atoms with Crippen LogP contribution in [0.4, 0.5) is 5.82 Å². The second kappa shape index (κ2) is 5.58. The number of nitrogens with zero attached hydrogens (tertiary/aromatic N) is 1. The molecule has 1 N–H and O–H groups in total. The fraction of sp³-hybridized carbons (Fsp3) is 0.615. The highest BCUT2D eigenvalue weighted by Crippen LogP contribution is 2.29. The number of aryl methyl sites for hydroxylation is 1. The fourth-order valence-corrected chi connectivity index (χ4v) is 3.29. The average Bonchev–Trinajstić information content (AvgIpc) is 2.30. The maximum Gasteiger partial charge on any atom is 0.126 e. The molecule has 1 heterocycles. The molecule has 0 saturated heterocycles. The minimum atomic E-state index is 0.595. The highest BCUT2D eigenvalue weighted by Gasteiger charge is 2.24. The fourth-order valence-electron chi connectivity index (χ4n) is 2.36. The van der Waals surface area contributed by atoms with Crippen LogP contribution in [-0.2, 0) is 0 Å². The van der Waals surface area contributed by atoms with Crippen LogP contribution in [0.1, 0.15) is 31.4 Å². The van der Waals surface area contributed by atoms with Gasteiger partial charge in [-0.3, -0.25) is 0 Å². The molecule has 0 spiro atoms. The summed E-state index contributed by atoms with van der Waals surface area (Å²) in [6.07, 6.45) is 7.56. The molecule has 1 saturated carbocycles. The Morgan fingerprint density at radius 3 is 2.88 bits per heavy atom. The van der Waals surface area contributed by atoms with Crippen LogP contribution in [0, 0.1) is 6.92 Å². The molecule has 1 aliphatic carbocycles. The summed E-state index contributed by atoms with van der Waals surface area (Å²) in [6, 6.07) is 6.77. The first-order chi connectivity index (χ1) is 7.79. The maximum absolute atomic E-state index is 4.52. The molecule has 2 atom stereocenters. The van der Waals surface area contributed by atoms with E-state index in [1.165, 1.54) is 25.7 Å². The summed E-state index contributed by atoms with van der Waals surface area (Å²) in [5.41, 5.74) is 1.08. The Labute approximate surface area is 102 Å². The molecule has 2 unspecified atom stereocenters. The minimum absolute atomic E-state index is 0.595. The molecular formula is C13H20N2S. The van der Waals surface area contributed by atoms with E-state index < -0.39 is 0 Å². The van der Waals surface area contributed by atoms with Crippen molar-refractivity contribution in [3.8, 4) is 0 Å². The van der Waals surface area contributed by atoms with Gasteiger partial charge in [-0.2, -0.15) is 11.8 Å². The molecule has 88 valence electrons. The van der Waals surface area contributed by atoms with E-state index in [4.69, 9.17) is 0 Å². The van der Waals surface area contributed by atoms with Gasteiger partial charge in [-0.25, -0.2) is 4.98 Å². The van der Waals surface area contributed by atoms with Crippen molar-refractivity contribution in [3.63, 3.8) is 0 Å². The van der Waals surface area contributed by atoms with Gasteiger partial charge in [-0.05, 0) is 38.2 Å². The first-order valence-corrected chi connectivity index (χ1v) is 7.31. The summed E-state index contributed by atoms with van der Waals surface area (Å²) in [6.45, 7) is 2.04. The standard InChI is InChI=1S/C13H20N2S/c1-10-6-5-9-13(14-10)15-11-7-3-4-8-12(11)16-2/h5-6,9,11-12H,3-4,7-8H2,1-2H3,(H,14,15). The Bertz CT molecular complexity index is 340. The number of rotatable bonds is 3. The molecule has 2 rings (SSSR count). The lowest BCUT2D eigenvalue weighted by molar-refractivity contribution is 0.474. The third kappa shape index (κ3) is 2.91. The Hall–Kier alpha value is -0.700. The molecule has 1 aromatic heterocycles. The number of aromatic nitrogens is 1. The lowest BCUT2D eigenvalue weighted by atomic mass is 9.95. The van der Waals surface area contributed by atoms with Crippen molar-refractivity contribution in [1.82, 2.24) is 4.98 Å². The lowest BCUT2D eigenvalue weighted by Crippen LogP contribution is -2.34. The third-order valence-electron chi connectivity index (χ3n) is 3.23. The Kier molecular flexibility index (Phi) is 4.10. The van der Waals surface area contributed by atoms with E-state index in [9.17, 15) is 0 Å². The minimum Gasteiger partial charge on any atom is -0.366 e. The van der Waals surface area contributed by atoms with Crippen molar-refractivity contribution in [3.05, 3.63) is 23.9 Å². The zero-order chi connectivity index (χ0) is 11.4. The number of hydrogen-bond acceptors (Lipinski definition) is 3. The molecule has 0 radical (unpaired) electrons. The van der Waals surface area contributed by atoms with Crippen LogP contribution in [0.5, 0.6) is 0 Å². The van der Waals surface area contributed by atoms with Crippen LogP contribution in [-0.4, -0.2) is 22.5 Å². The number of anilines is 1. The van der Waals surface area contributed by atoms with Crippen LogP contribution in [0.2, 0.25) is 0 Å². The van der Waals surface area contributed by atoms with E-state index >= 15 is 0 Å². The second-order valence-corrected chi connectivity index (χ2v) is 5.55. The third-order valence-corrected chi connectivity index (χ3v) is 4.40. The first-order valence-electron chi connectivity index (χ1n) is 6.02. The lowest BCUT2D eigenvalue weighted by Gasteiger charge is -2.31. The van der Waals surface area contributed by atoms with E-state index in [1.54, 1.807) is 0 Å². The summed E-state index contributed by atoms with van der Waals surface area (Å²) in [5, 5.41) is 4.34. The van der Waals surface area contributed by atoms with Gasteiger partial charge in [0.25, 0.3) is 0 Å². The van der Waals surface area contributed by atoms with Crippen molar-refractivity contribution in [1.29, 1.82) is 0 Å². The molecule has 2 nitrogen and oxygen atoms in total. The monoisotopic (exact) mass is 236 g/mol. The molecule has 3 heteroatoms. The van der Waals surface area contributed by atoms with Crippen LogP contribution < -0.4 is 5.32 Å². The highest BCUT2D eigenvalue weighted by molar-refractivity contribution is 7.99. The van der Waals surface area contributed by atoms with Gasteiger partial charge in [0.2, 0.25) is 0 Å². The quantitative estimate of drug-likeness (QED) is 0.869. The summed E-state index contributed by atoms with van der Waals surface area (Å²) in [5.74, 6) is 1.03. The van der Waals surface area contributed by atoms with Crippen LogP contribution in [0.25, 0.3) is 0 Å². The van der Waals surface area contributed by atoms with E-state index in [1.807, 2.05) is 24.8 Å². The zero-order valence-electron chi connectivity index (χ0n) is 10.1. The number of thioether (sulfide) groups is 1. The van der Waals surface area contributed by atoms with Gasteiger partial charge < -0.3 is 5.32 Å². The zero-order valence-corrected chi connectivity index (χ0v) is 10.9. The van der Waals surface area contributed by atoms with E-state index in [-0.39, 0.29) is 0 Å². The van der Waals surface area contributed by atoms with Gasteiger partial charge in [-0.1, -0.05) is 18.9 Å². The van der Waals surface area contributed by atoms with E-state index in [2.05, 4.69) is 28.7 Å². The number of pyridine rings is 1. The summed E-state index contributed by atoms with van der Waals surface area (Å²) in [7, 11) is 0. The highest BCUT2D eigenvalue weighted by atomic mass is 32.2. The topological polar surface area (TPSA) is 24.9 Å². The van der Waals surface area contributed by atoms with Crippen molar-refractivity contribution in [2.45, 2.75) is 43.9 Å². The van der Waals surface area contributed by atoms with Gasteiger partial charge in [0, 0.05) is 17.0 Å². The molecule has 0 aromatic carbocycles. The largest absolute Gasteiger partial charge is 0.366 e. The predicted molar refractivity (Wildman–Crippen MR) is 72.2 cm³/mol. The van der Waals surface area contributed by atoms with Crippen molar-refractivity contribution in [2.24, 2.45) is 0 Å². The Balaban J connectivity index is 2.02. The van der Waals surface area contributed by atoms with E-state index in [0.717, 1.165) is 16.8 Å². The predicted octanol–water partition coefficient (Wildman–Crippen LogP) is 3.48. The second-order valence-electron chi connectivity index (χ2n) is 4.47. The van der Waals surface area contributed by atoms with Gasteiger partial charge >= 0.3 is 0 Å². The normalized spacial score (nSPS) is 25.4. The molecule has 1 fully saturated rings. The van der Waals surface area contributed by atoms with Gasteiger partial charge in [0.15, 0.2) is 0 Å². The molecule has 0 aliphatic heterocycles. The summed E-state index contributed by atoms with van der Waals surface area (Å²) in [4.78, 5) is 4.52. The molecular weight excluding hydrogens is 216 g/mol. The summed E-state index contributed by atoms with van der Waals surface area (Å²) < 4.78 is 0. The molecule has 0 bridgehead atoms. The van der Waals surface area contributed by atoms with Gasteiger partial charge in [0.05, 0.1) is 0 Å². The van der Waals surface area contributed by atoms with Crippen LogP contribution in [0.15, 0.2) is 18.2 Å². The maximum atomic E-state index is 4.52.